The standard InChI is InChI=1S/C25H31NO8/c1-18(2)6-10-21-24(33-16-30-4)13-20(14-25(21)34-17-31-5)8-7-19-9-11-23(32-15-29-3)22(12-19)26(27)28/h6-9,11-14H,10,15-17H2,1-5H3/b8-7+. The molecule has 9 nitrogen and oxygen atoms in total. The van der Waals surface area contributed by atoms with Crippen LogP contribution in [0.25, 0.3) is 12.2 Å². The first-order chi connectivity index (χ1) is 16.4. The van der Waals surface area contributed by atoms with Crippen LogP contribution in [-0.4, -0.2) is 46.6 Å². The van der Waals surface area contributed by atoms with Crippen LogP contribution in [0.3, 0.4) is 0 Å². The highest BCUT2D eigenvalue weighted by Gasteiger charge is 2.16. The zero-order valence-corrected chi connectivity index (χ0v) is 20.2. The van der Waals surface area contributed by atoms with E-state index in [1.807, 2.05) is 32.1 Å². The molecule has 0 N–H and O–H groups in total. The van der Waals surface area contributed by atoms with E-state index in [0.717, 1.165) is 11.1 Å². The Bertz CT molecular complexity index is 983. The van der Waals surface area contributed by atoms with E-state index in [-0.39, 0.29) is 31.8 Å². The predicted molar refractivity (Wildman–Crippen MR) is 129 cm³/mol. The molecule has 0 atom stereocenters. The fraction of sp³-hybridized carbons (Fsp3) is 0.360. The lowest BCUT2D eigenvalue weighted by atomic mass is 10.0. The average Bonchev–Trinajstić information content (AvgIpc) is 2.82. The SMILES string of the molecule is COCOc1ccc(/C=C/c2cc(OCOC)c(CC=C(C)C)c(OCOC)c2)cc1[N+](=O)[O-]. The minimum atomic E-state index is -0.492. The van der Waals surface area contributed by atoms with Gasteiger partial charge in [0.2, 0.25) is 0 Å². The number of ether oxygens (including phenoxy) is 6. The molecule has 0 aliphatic carbocycles. The highest BCUT2D eigenvalue weighted by molar-refractivity contribution is 5.73. The summed E-state index contributed by atoms with van der Waals surface area (Å²) >= 11 is 0. The van der Waals surface area contributed by atoms with Gasteiger partial charge in [-0.1, -0.05) is 29.9 Å². The highest BCUT2D eigenvalue weighted by atomic mass is 16.7. The van der Waals surface area contributed by atoms with Crippen LogP contribution in [0.5, 0.6) is 17.2 Å². The Kier molecular flexibility index (Phi) is 11.0. The molecule has 0 saturated carbocycles. The monoisotopic (exact) mass is 473 g/mol. The van der Waals surface area contributed by atoms with Crippen molar-refractivity contribution < 1.29 is 33.3 Å². The number of allylic oxidation sites excluding steroid dienone is 2. The maximum absolute atomic E-state index is 11.4. The van der Waals surface area contributed by atoms with E-state index in [1.54, 1.807) is 32.4 Å². The quantitative estimate of drug-likeness (QED) is 0.121. The fourth-order valence-electron chi connectivity index (χ4n) is 2.96. The molecule has 0 saturated heterocycles. The molecular formula is C25H31NO8. The third kappa shape index (κ3) is 8.18. The third-order valence-corrected chi connectivity index (χ3v) is 4.55. The minimum absolute atomic E-state index is 0.0772. The number of nitro benzene ring substituents is 1. The molecule has 2 aromatic carbocycles. The van der Waals surface area contributed by atoms with E-state index in [0.29, 0.717) is 23.5 Å². The molecule has 0 heterocycles. The van der Waals surface area contributed by atoms with E-state index in [2.05, 4.69) is 6.08 Å². The zero-order chi connectivity index (χ0) is 24.9. The van der Waals surface area contributed by atoms with Crippen LogP contribution in [0.1, 0.15) is 30.5 Å². The van der Waals surface area contributed by atoms with Crippen LogP contribution in [0, 0.1) is 10.1 Å². The molecule has 184 valence electrons. The number of benzene rings is 2. The first-order valence-corrected chi connectivity index (χ1v) is 10.5. The van der Waals surface area contributed by atoms with Gasteiger partial charge in [0.1, 0.15) is 11.5 Å². The van der Waals surface area contributed by atoms with Gasteiger partial charge in [-0.15, -0.1) is 0 Å². The van der Waals surface area contributed by atoms with Gasteiger partial charge in [-0.3, -0.25) is 10.1 Å². The van der Waals surface area contributed by atoms with E-state index in [1.165, 1.54) is 18.7 Å². The summed E-state index contributed by atoms with van der Waals surface area (Å²) in [6, 6.07) is 8.44. The second-order valence-electron chi connectivity index (χ2n) is 7.45. The molecular weight excluding hydrogens is 442 g/mol. The van der Waals surface area contributed by atoms with Gasteiger partial charge in [-0.05, 0) is 49.6 Å². The van der Waals surface area contributed by atoms with Crippen molar-refractivity contribution in [2.75, 3.05) is 41.7 Å². The van der Waals surface area contributed by atoms with Gasteiger partial charge in [-0.2, -0.15) is 0 Å². The summed E-state index contributed by atoms with van der Waals surface area (Å²) in [5.41, 5.74) is 3.29. The molecule has 0 unspecified atom stereocenters. The van der Waals surface area contributed by atoms with Gasteiger partial charge in [0.05, 0.1) is 4.92 Å². The lowest BCUT2D eigenvalue weighted by molar-refractivity contribution is -0.386. The van der Waals surface area contributed by atoms with Crippen molar-refractivity contribution in [2.45, 2.75) is 20.3 Å². The van der Waals surface area contributed by atoms with Gasteiger partial charge in [0, 0.05) is 33.0 Å². The van der Waals surface area contributed by atoms with Crippen molar-refractivity contribution >= 4 is 17.8 Å². The Morgan fingerprint density at radius 1 is 0.824 bits per heavy atom. The van der Waals surface area contributed by atoms with Gasteiger partial charge in [0.15, 0.2) is 26.1 Å². The topological polar surface area (TPSA) is 98.5 Å². The van der Waals surface area contributed by atoms with Crippen LogP contribution in [0.4, 0.5) is 5.69 Å². The van der Waals surface area contributed by atoms with E-state index in [4.69, 9.17) is 28.4 Å². The Morgan fingerprint density at radius 3 is 1.85 bits per heavy atom. The highest BCUT2D eigenvalue weighted by Crippen LogP contribution is 2.34. The molecule has 2 aromatic rings. The Morgan fingerprint density at radius 2 is 1.35 bits per heavy atom. The van der Waals surface area contributed by atoms with E-state index < -0.39 is 4.92 Å². The number of nitro groups is 1. The molecule has 0 fully saturated rings. The fourth-order valence-corrected chi connectivity index (χ4v) is 2.96. The van der Waals surface area contributed by atoms with Crippen molar-refractivity contribution in [1.82, 2.24) is 0 Å². The van der Waals surface area contributed by atoms with Gasteiger partial charge in [0.25, 0.3) is 0 Å². The van der Waals surface area contributed by atoms with Crippen molar-refractivity contribution in [1.29, 1.82) is 0 Å². The molecule has 2 rings (SSSR count). The van der Waals surface area contributed by atoms with Crippen LogP contribution >= 0.6 is 0 Å². The zero-order valence-electron chi connectivity index (χ0n) is 20.2. The first-order valence-electron chi connectivity index (χ1n) is 10.5. The second-order valence-corrected chi connectivity index (χ2v) is 7.45. The molecule has 0 radical (unpaired) electrons. The van der Waals surface area contributed by atoms with Crippen LogP contribution in [0.15, 0.2) is 42.0 Å². The Hall–Kier alpha value is -3.40. The summed E-state index contributed by atoms with van der Waals surface area (Å²) < 4.78 is 31.9. The molecule has 0 bridgehead atoms. The normalized spacial score (nSPS) is 10.9. The third-order valence-electron chi connectivity index (χ3n) is 4.55. The average molecular weight is 474 g/mol. The van der Waals surface area contributed by atoms with Crippen molar-refractivity contribution in [2.24, 2.45) is 0 Å². The minimum Gasteiger partial charge on any atom is -0.467 e. The van der Waals surface area contributed by atoms with Crippen molar-refractivity contribution in [3.05, 3.63) is 68.8 Å². The van der Waals surface area contributed by atoms with E-state index >= 15 is 0 Å². The number of hydrogen-bond donors (Lipinski definition) is 0. The van der Waals surface area contributed by atoms with Crippen molar-refractivity contribution in [3.63, 3.8) is 0 Å². The molecule has 0 spiro atoms. The number of nitrogens with zero attached hydrogens (tertiary/aromatic N) is 1. The summed E-state index contributed by atoms with van der Waals surface area (Å²) in [7, 11) is 4.55. The predicted octanol–water partition coefficient (Wildman–Crippen LogP) is 5.22. The molecule has 0 aliphatic rings. The van der Waals surface area contributed by atoms with E-state index in [9.17, 15) is 10.1 Å². The first kappa shape index (κ1) is 26.8. The smallest absolute Gasteiger partial charge is 0.311 e. The second kappa shape index (κ2) is 14.0. The summed E-state index contributed by atoms with van der Waals surface area (Å²) in [6.07, 6.45) is 6.27. The number of hydrogen-bond acceptors (Lipinski definition) is 8. The van der Waals surface area contributed by atoms with Gasteiger partial charge in [-0.25, -0.2) is 0 Å². The Labute approximate surface area is 199 Å². The molecule has 0 aliphatic heterocycles. The Balaban J connectivity index is 2.44. The van der Waals surface area contributed by atoms with Gasteiger partial charge < -0.3 is 28.4 Å². The van der Waals surface area contributed by atoms with Gasteiger partial charge >= 0.3 is 5.69 Å². The largest absolute Gasteiger partial charge is 0.467 e. The lowest BCUT2D eigenvalue weighted by Gasteiger charge is -2.16. The van der Waals surface area contributed by atoms with Crippen LogP contribution in [-0.2, 0) is 20.6 Å². The summed E-state index contributed by atoms with van der Waals surface area (Å²) in [5, 5.41) is 11.4. The number of methoxy groups -OCH3 is 3. The summed E-state index contributed by atoms with van der Waals surface area (Å²) in [6.45, 7) is 4.12. The summed E-state index contributed by atoms with van der Waals surface area (Å²) in [4.78, 5) is 11.0. The van der Waals surface area contributed by atoms with Crippen LogP contribution in [0.2, 0.25) is 0 Å². The molecule has 9 heteroatoms. The van der Waals surface area contributed by atoms with Crippen molar-refractivity contribution in [3.8, 4) is 17.2 Å². The maximum Gasteiger partial charge on any atom is 0.311 e. The summed E-state index contributed by atoms with van der Waals surface area (Å²) in [5.74, 6) is 1.36. The molecule has 0 aromatic heterocycles. The van der Waals surface area contributed by atoms with Crippen LogP contribution < -0.4 is 14.2 Å². The maximum atomic E-state index is 11.4. The molecule has 0 amide bonds. The lowest BCUT2D eigenvalue weighted by Crippen LogP contribution is -2.06. The molecule has 34 heavy (non-hydrogen) atoms. The number of rotatable bonds is 14.